The molecule has 2 aromatic heterocycles. The summed E-state index contributed by atoms with van der Waals surface area (Å²) in [5.41, 5.74) is 2.53. The minimum atomic E-state index is -0.473. The van der Waals surface area contributed by atoms with E-state index < -0.39 is 11.7 Å². The van der Waals surface area contributed by atoms with Crippen LogP contribution in [0.4, 0.5) is 15.8 Å². The number of pyridine rings is 2. The van der Waals surface area contributed by atoms with Gasteiger partial charge in [-0.15, -0.1) is 0 Å². The molecule has 26 heavy (non-hydrogen) atoms. The number of carbonyl (C=O) groups is 1. The van der Waals surface area contributed by atoms with Crippen molar-refractivity contribution in [3.05, 3.63) is 84.2 Å². The van der Waals surface area contributed by atoms with Crippen LogP contribution in [0, 0.1) is 5.82 Å². The number of hydrogen-bond donors (Lipinski definition) is 1. The van der Waals surface area contributed by atoms with Gasteiger partial charge in [-0.25, -0.2) is 4.39 Å². The lowest BCUT2D eigenvalue weighted by atomic mass is 10.2. The molecule has 0 saturated heterocycles. The molecule has 1 aromatic carbocycles. The van der Waals surface area contributed by atoms with Crippen molar-refractivity contribution in [2.45, 2.75) is 6.42 Å². The summed E-state index contributed by atoms with van der Waals surface area (Å²) < 4.78 is 13.7. The molecule has 0 aliphatic rings. The Morgan fingerprint density at radius 3 is 2.65 bits per heavy atom. The number of carbonyl (C=O) groups excluding carboxylic acids is 1. The van der Waals surface area contributed by atoms with Crippen LogP contribution in [0.3, 0.4) is 0 Å². The second kappa shape index (κ2) is 8.20. The highest BCUT2D eigenvalue weighted by Crippen LogP contribution is 2.17. The van der Waals surface area contributed by atoms with E-state index >= 15 is 0 Å². The van der Waals surface area contributed by atoms with E-state index in [4.69, 9.17) is 0 Å². The summed E-state index contributed by atoms with van der Waals surface area (Å²) in [5.74, 6) is -0.869. The van der Waals surface area contributed by atoms with Crippen molar-refractivity contribution in [3.8, 4) is 0 Å². The van der Waals surface area contributed by atoms with Gasteiger partial charge in [-0.05, 0) is 42.3 Å². The Morgan fingerprint density at radius 2 is 1.88 bits per heavy atom. The van der Waals surface area contributed by atoms with Crippen LogP contribution >= 0.6 is 0 Å². The molecule has 0 fully saturated rings. The predicted molar refractivity (Wildman–Crippen MR) is 99.8 cm³/mol. The maximum atomic E-state index is 13.7. The van der Waals surface area contributed by atoms with Gasteiger partial charge in [-0.1, -0.05) is 12.1 Å². The first-order valence-corrected chi connectivity index (χ1v) is 8.24. The molecular formula is C20H19FN4O. The summed E-state index contributed by atoms with van der Waals surface area (Å²) in [4.78, 5) is 22.5. The fourth-order valence-electron chi connectivity index (χ4n) is 2.49. The molecule has 132 valence electrons. The second-order valence-corrected chi connectivity index (χ2v) is 5.89. The Labute approximate surface area is 151 Å². The van der Waals surface area contributed by atoms with Gasteiger partial charge in [0.05, 0.1) is 23.1 Å². The average molecular weight is 350 g/mol. The van der Waals surface area contributed by atoms with Crippen LogP contribution in [0.1, 0.15) is 15.9 Å². The van der Waals surface area contributed by atoms with Crippen molar-refractivity contribution in [3.63, 3.8) is 0 Å². The molecule has 2 heterocycles. The lowest BCUT2D eigenvalue weighted by Crippen LogP contribution is -2.21. The number of anilines is 2. The van der Waals surface area contributed by atoms with Gasteiger partial charge >= 0.3 is 0 Å². The van der Waals surface area contributed by atoms with Crippen molar-refractivity contribution >= 4 is 17.3 Å². The van der Waals surface area contributed by atoms with Crippen LogP contribution in [0.15, 0.2) is 67.3 Å². The fourth-order valence-corrected chi connectivity index (χ4v) is 2.49. The Bertz CT molecular complexity index is 886. The van der Waals surface area contributed by atoms with Crippen LogP contribution in [0.2, 0.25) is 0 Å². The number of likely N-dealkylation sites (N-methyl/N-ethyl adjacent to an activating group) is 1. The molecule has 3 rings (SSSR count). The highest BCUT2D eigenvalue weighted by molar-refractivity contribution is 6.04. The van der Waals surface area contributed by atoms with Crippen molar-refractivity contribution < 1.29 is 9.18 Å². The lowest BCUT2D eigenvalue weighted by Gasteiger charge is -2.19. The molecule has 6 heteroatoms. The van der Waals surface area contributed by atoms with E-state index in [9.17, 15) is 9.18 Å². The monoisotopic (exact) mass is 350 g/mol. The summed E-state index contributed by atoms with van der Waals surface area (Å²) in [6.07, 6.45) is 7.56. The topological polar surface area (TPSA) is 58.1 Å². The largest absolute Gasteiger partial charge is 0.373 e. The first-order chi connectivity index (χ1) is 12.6. The zero-order valence-electron chi connectivity index (χ0n) is 14.4. The third-order valence-electron chi connectivity index (χ3n) is 4.03. The molecule has 3 aromatic rings. The number of aromatic nitrogens is 2. The maximum absolute atomic E-state index is 13.7. The molecule has 0 atom stereocenters. The Balaban J connectivity index is 1.67. The number of halogens is 1. The second-order valence-electron chi connectivity index (χ2n) is 5.89. The first kappa shape index (κ1) is 17.5. The van der Waals surface area contributed by atoms with E-state index in [0.29, 0.717) is 5.56 Å². The van der Waals surface area contributed by atoms with Gasteiger partial charge in [-0.3, -0.25) is 14.8 Å². The molecule has 1 N–H and O–H groups in total. The summed E-state index contributed by atoms with van der Waals surface area (Å²) in [7, 11) is 1.94. The third kappa shape index (κ3) is 4.42. The number of amides is 1. The lowest BCUT2D eigenvalue weighted by molar-refractivity contribution is 0.102. The van der Waals surface area contributed by atoms with Gasteiger partial charge in [0, 0.05) is 32.2 Å². The standard InChI is InChI=1S/C20H19FN4O/c1-25(11-8-15-6-9-22-10-7-15)17-12-16(13-23-14-17)20(26)24-19-5-3-2-4-18(19)21/h2-7,9-10,12-14H,8,11H2,1H3,(H,24,26). The first-order valence-electron chi connectivity index (χ1n) is 8.24. The molecular weight excluding hydrogens is 331 g/mol. The van der Waals surface area contributed by atoms with Gasteiger partial charge in [-0.2, -0.15) is 0 Å². The minimum absolute atomic E-state index is 0.147. The molecule has 0 aliphatic heterocycles. The van der Waals surface area contributed by atoms with Gasteiger partial charge in [0.2, 0.25) is 0 Å². The Morgan fingerprint density at radius 1 is 1.12 bits per heavy atom. The molecule has 5 nitrogen and oxygen atoms in total. The summed E-state index contributed by atoms with van der Waals surface area (Å²) in [5, 5.41) is 2.57. The van der Waals surface area contributed by atoms with E-state index in [1.807, 2.05) is 24.1 Å². The highest BCUT2D eigenvalue weighted by atomic mass is 19.1. The number of nitrogens with zero attached hydrogens (tertiary/aromatic N) is 3. The Kier molecular flexibility index (Phi) is 5.53. The van der Waals surface area contributed by atoms with Crippen molar-refractivity contribution in [2.24, 2.45) is 0 Å². The molecule has 0 aliphatic carbocycles. The third-order valence-corrected chi connectivity index (χ3v) is 4.03. The van der Waals surface area contributed by atoms with Crippen LogP contribution in [0.5, 0.6) is 0 Å². The van der Waals surface area contributed by atoms with Gasteiger partial charge in [0.15, 0.2) is 0 Å². The van der Waals surface area contributed by atoms with E-state index in [-0.39, 0.29) is 5.69 Å². The molecule has 0 unspecified atom stereocenters. The van der Waals surface area contributed by atoms with E-state index in [1.54, 1.807) is 36.8 Å². The highest BCUT2D eigenvalue weighted by Gasteiger charge is 2.11. The average Bonchev–Trinajstić information content (AvgIpc) is 2.69. The number of para-hydroxylation sites is 1. The predicted octanol–water partition coefficient (Wildman–Crippen LogP) is 3.55. The van der Waals surface area contributed by atoms with E-state index in [2.05, 4.69) is 15.3 Å². The zero-order chi connectivity index (χ0) is 18.4. The normalized spacial score (nSPS) is 10.4. The summed E-state index contributed by atoms with van der Waals surface area (Å²) in [6, 6.07) is 11.8. The van der Waals surface area contributed by atoms with E-state index in [0.717, 1.165) is 18.7 Å². The maximum Gasteiger partial charge on any atom is 0.257 e. The molecule has 0 saturated carbocycles. The van der Waals surface area contributed by atoms with Crippen LogP contribution in [0.25, 0.3) is 0 Å². The van der Waals surface area contributed by atoms with Crippen molar-refractivity contribution in [1.82, 2.24) is 9.97 Å². The van der Waals surface area contributed by atoms with E-state index in [1.165, 1.54) is 23.9 Å². The summed E-state index contributed by atoms with van der Waals surface area (Å²) >= 11 is 0. The van der Waals surface area contributed by atoms with Crippen molar-refractivity contribution in [2.75, 3.05) is 23.8 Å². The van der Waals surface area contributed by atoms with Gasteiger partial charge in [0.1, 0.15) is 5.82 Å². The SMILES string of the molecule is CN(CCc1ccncc1)c1cncc(C(=O)Nc2ccccc2F)c1. The minimum Gasteiger partial charge on any atom is -0.373 e. The van der Waals surface area contributed by atoms with Gasteiger partial charge in [0.25, 0.3) is 5.91 Å². The smallest absolute Gasteiger partial charge is 0.257 e. The van der Waals surface area contributed by atoms with Crippen LogP contribution < -0.4 is 10.2 Å². The van der Waals surface area contributed by atoms with Gasteiger partial charge < -0.3 is 10.2 Å². The molecule has 0 bridgehead atoms. The molecule has 1 amide bonds. The number of benzene rings is 1. The van der Waals surface area contributed by atoms with Crippen LogP contribution in [-0.4, -0.2) is 29.5 Å². The van der Waals surface area contributed by atoms with Crippen molar-refractivity contribution in [1.29, 1.82) is 0 Å². The number of hydrogen-bond acceptors (Lipinski definition) is 4. The summed E-state index contributed by atoms with van der Waals surface area (Å²) in [6.45, 7) is 0.768. The molecule has 0 radical (unpaired) electrons. The molecule has 0 spiro atoms. The fraction of sp³-hybridized carbons (Fsp3) is 0.150. The number of nitrogens with one attached hydrogen (secondary N) is 1. The quantitative estimate of drug-likeness (QED) is 0.739. The number of rotatable bonds is 6. The zero-order valence-corrected chi connectivity index (χ0v) is 14.4. The Hall–Kier alpha value is -3.28. The van der Waals surface area contributed by atoms with Crippen LogP contribution in [-0.2, 0) is 6.42 Å².